The Hall–Kier alpha value is -2.13. The van der Waals surface area contributed by atoms with E-state index in [1.807, 2.05) is 0 Å². The van der Waals surface area contributed by atoms with Crippen molar-refractivity contribution in [2.45, 2.75) is 25.8 Å². The van der Waals surface area contributed by atoms with Gasteiger partial charge in [-0.2, -0.15) is 0 Å². The number of rotatable bonds is 3. The zero-order valence-electron chi connectivity index (χ0n) is 12.6. The smallest absolute Gasteiger partial charge is 0.190 e. The first kappa shape index (κ1) is 13.5. The van der Waals surface area contributed by atoms with E-state index in [1.165, 1.54) is 29.7 Å². The summed E-state index contributed by atoms with van der Waals surface area (Å²) in [6, 6.07) is 19.6. The van der Waals surface area contributed by atoms with Gasteiger partial charge < -0.3 is 4.57 Å². The molecular weight excluding hydrogens is 288 g/mol. The molecule has 2 aromatic carbocycles. The fourth-order valence-corrected chi connectivity index (χ4v) is 3.62. The highest BCUT2D eigenvalue weighted by Gasteiger charge is 2.27. The van der Waals surface area contributed by atoms with Crippen molar-refractivity contribution in [1.29, 1.82) is 0 Å². The van der Waals surface area contributed by atoms with Crippen molar-refractivity contribution in [3.05, 3.63) is 70.3 Å². The predicted octanol–water partition coefficient (Wildman–Crippen LogP) is 5.09. The molecule has 1 aliphatic rings. The van der Waals surface area contributed by atoms with Gasteiger partial charge in [0, 0.05) is 11.4 Å². The van der Waals surface area contributed by atoms with Crippen molar-refractivity contribution >= 4 is 17.0 Å². The average molecular weight is 306 g/mol. The molecule has 0 bridgehead atoms. The van der Waals surface area contributed by atoms with E-state index in [1.54, 1.807) is 11.3 Å². The molecule has 0 saturated heterocycles. The fraction of sp³-hybridized carbons (Fsp3) is 0.211. The lowest BCUT2D eigenvalue weighted by Crippen LogP contribution is -2.14. The van der Waals surface area contributed by atoms with E-state index in [-0.39, 0.29) is 0 Å². The number of hydrogen-bond donors (Lipinski definition) is 0. The number of aromatic nitrogens is 1. The molecule has 1 fully saturated rings. The maximum absolute atomic E-state index is 4.87. The number of aryl methyl sites for hydroxylation is 1. The van der Waals surface area contributed by atoms with E-state index in [4.69, 9.17) is 4.99 Å². The van der Waals surface area contributed by atoms with E-state index in [0.717, 1.165) is 10.5 Å². The zero-order valence-corrected chi connectivity index (χ0v) is 13.4. The van der Waals surface area contributed by atoms with Crippen LogP contribution in [0.15, 0.2) is 65.0 Å². The van der Waals surface area contributed by atoms with E-state index in [2.05, 4.69) is 71.5 Å². The van der Waals surface area contributed by atoms with Crippen LogP contribution < -0.4 is 4.80 Å². The summed E-state index contributed by atoms with van der Waals surface area (Å²) >= 11 is 1.73. The van der Waals surface area contributed by atoms with Crippen LogP contribution in [0, 0.1) is 6.92 Å². The first-order valence-corrected chi connectivity index (χ1v) is 8.56. The summed E-state index contributed by atoms with van der Waals surface area (Å²) < 4.78 is 2.42. The Bertz CT molecular complexity index is 837. The number of benzene rings is 2. The molecule has 1 aromatic heterocycles. The molecule has 0 amide bonds. The number of nitrogens with zero attached hydrogens (tertiary/aromatic N) is 2. The average Bonchev–Trinajstić information content (AvgIpc) is 3.31. The highest BCUT2D eigenvalue weighted by molar-refractivity contribution is 7.07. The zero-order chi connectivity index (χ0) is 14.9. The van der Waals surface area contributed by atoms with Crippen LogP contribution in [0.3, 0.4) is 0 Å². The van der Waals surface area contributed by atoms with Gasteiger partial charge in [-0.3, -0.25) is 0 Å². The largest absolute Gasteiger partial charge is 0.313 e. The monoisotopic (exact) mass is 306 g/mol. The molecule has 0 spiro atoms. The molecule has 110 valence electrons. The maximum Gasteiger partial charge on any atom is 0.190 e. The lowest BCUT2D eigenvalue weighted by molar-refractivity contribution is 0.725. The van der Waals surface area contributed by atoms with Crippen molar-refractivity contribution in [2.75, 3.05) is 0 Å². The Morgan fingerprint density at radius 3 is 2.41 bits per heavy atom. The Labute approximate surface area is 134 Å². The van der Waals surface area contributed by atoms with Gasteiger partial charge in [0.25, 0.3) is 0 Å². The molecule has 2 nitrogen and oxygen atoms in total. The lowest BCUT2D eigenvalue weighted by Gasteiger charge is -2.07. The third-order valence-corrected chi connectivity index (χ3v) is 4.82. The second kappa shape index (κ2) is 5.58. The Morgan fingerprint density at radius 1 is 1.00 bits per heavy atom. The Kier molecular flexibility index (Phi) is 3.43. The number of hydrogen-bond acceptors (Lipinski definition) is 2. The second-order valence-electron chi connectivity index (χ2n) is 5.82. The summed E-state index contributed by atoms with van der Waals surface area (Å²) in [7, 11) is 0. The van der Waals surface area contributed by atoms with E-state index >= 15 is 0 Å². The summed E-state index contributed by atoms with van der Waals surface area (Å²) in [5.41, 5.74) is 4.86. The molecule has 0 aliphatic heterocycles. The fourth-order valence-electron chi connectivity index (χ4n) is 2.64. The van der Waals surface area contributed by atoms with Crippen LogP contribution in [0.2, 0.25) is 0 Å². The van der Waals surface area contributed by atoms with Crippen LogP contribution in [0.1, 0.15) is 24.4 Å². The first-order chi connectivity index (χ1) is 10.8. The highest BCUT2D eigenvalue weighted by atomic mass is 32.1. The third kappa shape index (κ3) is 2.64. The SMILES string of the molecule is Cc1ccc(N=c2scc(-c3ccccc3)n2C2CC2)cc1. The molecule has 22 heavy (non-hydrogen) atoms. The quantitative estimate of drug-likeness (QED) is 0.641. The lowest BCUT2D eigenvalue weighted by atomic mass is 10.2. The van der Waals surface area contributed by atoms with Gasteiger partial charge in [-0.25, -0.2) is 4.99 Å². The van der Waals surface area contributed by atoms with Gasteiger partial charge in [0.2, 0.25) is 0 Å². The molecule has 0 atom stereocenters. The van der Waals surface area contributed by atoms with Crippen LogP contribution in [0.4, 0.5) is 5.69 Å². The molecule has 3 heteroatoms. The van der Waals surface area contributed by atoms with Crippen molar-refractivity contribution in [1.82, 2.24) is 4.57 Å². The van der Waals surface area contributed by atoms with Gasteiger partial charge in [0.1, 0.15) is 0 Å². The van der Waals surface area contributed by atoms with Crippen LogP contribution in [0.25, 0.3) is 11.3 Å². The minimum Gasteiger partial charge on any atom is -0.313 e. The summed E-state index contributed by atoms with van der Waals surface area (Å²) in [6.07, 6.45) is 2.52. The van der Waals surface area contributed by atoms with E-state index < -0.39 is 0 Å². The Morgan fingerprint density at radius 2 is 1.73 bits per heavy atom. The van der Waals surface area contributed by atoms with Crippen molar-refractivity contribution < 1.29 is 0 Å². The number of thiazole rings is 1. The topological polar surface area (TPSA) is 17.3 Å². The van der Waals surface area contributed by atoms with Crippen LogP contribution >= 0.6 is 11.3 Å². The molecule has 1 aliphatic carbocycles. The van der Waals surface area contributed by atoms with Crippen molar-refractivity contribution in [3.8, 4) is 11.3 Å². The van der Waals surface area contributed by atoms with Crippen LogP contribution in [-0.2, 0) is 0 Å². The third-order valence-electron chi connectivity index (χ3n) is 3.98. The Balaban J connectivity index is 1.84. The summed E-state index contributed by atoms with van der Waals surface area (Å²) in [5.74, 6) is 0. The molecular formula is C19H18N2S. The molecule has 3 aromatic rings. The minimum absolute atomic E-state index is 0.616. The normalized spacial score (nSPS) is 15.2. The highest BCUT2D eigenvalue weighted by Crippen LogP contribution is 2.38. The van der Waals surface area contributed by atoms with Crippen molar-refractivity contribution in [3.63, 3.8) is 0 Å². The summed E-state index contributed by atoms with van der Waals surface area (Å²) in [4.78, 5) is 5.97. The molecule has 0 N–H and O–H groups in total. The van der Waals surface area contributed by atoms with E-state index in [9.17, 15) is 0 Å². The van der Waals surface area contributed by atoms with Gasteiger partial charge in [0.15, 0.2) is 4.80 Å². The standard InChI is InChI=1S/C19H18N2S/c1-14-7-9-16(10-8-14)20-19-21(17-11-12-17)18(13-22-19)15-5-3-2-4-6-15/h2-10,13,17H,11-12H2,1H3. The first-order valence-electron chi connectivity index (χ1n) is 7.68. The van der Waals surface area contributed by atoms with Gasteiger partial charge in [-0.05, 0) is 37.5 Å². The summed E-state index contributed by atoms with van der Waals surface area (Å²) in [6.45, 7) is 2.10. The molecule has 0 unspecified atom stereocenters. The molecule has 1 heterocycles. The molecule has 4 rings (SSSR count). The molecule has 1 saturated carbocycles. The predicted molar refractivity (Wildman–Crippen MR) is 92.4 cm³/mol. The second-order valence-corrected chi connectivity index (χ2v) is 6.65. The van der Waals surface area contributed by atoms with Gasteiger partial charge in [-0.15, -0.1) is 11.3 Å². The minimum atomic E-state index is 0.616. The van der Waals surface area contributed by atoms with E-state index in [0.29, 0.717) is 6.04 Å². The molecule has 0 radical (unpaired) electrons. The maximum atomic E-state index is 4.87. The van der Waals surface area contributed by atoms with Crippen LogP contribution in [-0.4, -0.2) is 4.57 Å². The van der Waals surface area contributed by atoms with Crippen molar-refractivity contribution in [2.24, 2.45) is 4.99 Å². The van der Waals surface area contributed by atoms with Gasteiger partial charge in [0.05, 0.1) is 11.4 Å². The van der Waals surface area contributed by atoms with Gasteiger partial charge in [-0.1, -0.05) is 48.0 Å². The summed E-state index contributed by atoms with van der Waals surface area (Å²) in [5, 5.41) is 2.24. The van der Waals surface area contributed by atoms with Gasteiger partial charge >= 0.3 is 0 Å². The van der Waals surface area contributed by atoms with Crippen LogP contribution in [0.5, 0.6) is 0 Å².